The normalized spacial score (nSPS) is 34.1. The number of nitrogens with zero attached hydrogens (tertiary/aromatic N) is 2. The highest BCUT2D eigenvalue weighted by molar-refractivity contribution is 7.99. The van der Waals surface area contributed by atoms with Gasteiger partial charge in [-0.05, 0) is 31.4 Å². The molecule has 5 heteroatoms. The number of hydrogen-bond donors (Lipinski definition) is 1. The third kappa shape index (κ3) is 2.36. The predicted octanol–water partition coefficient (Wildman–Crippen LogP) is 2.62. The number of aromatic nitrogens is 2. The molecule has 1 saturated carbocycles. The second kappa shape index (κ2) is 4.98. The van der Waals surface area contributed by atoms with Gasteiger partial charge in [-0.2, -0.15) is 16.7 Å². The van der Waals surface area contributed by atoms with Gasteiger partial charge in [-0.1, -0.05) is 18.0 Å². The molecule has 0 spiro atoms. The Hall–Kier alpha value is -0.550. The van der Waals surface area contributed by atoms with Crippen molar-refractivity contribution in [1.29, 1.82) is 0 Å². The molecule has 2 fully saturated rings. The van der Waals surface area contributed by atoms with Gasteiger partial charge < -0.3 is 10.3 Å². The predicted molar refractivity (Wildman–Crippen MR) is 67.9 cm³/mol. The number of hydrogen-bond acceptors (Lipinski definition) is 5. The standard InChI is InChI=1S/C12H19N3OS/c13-9-5-2-1-4-8(9)12-14-11(15-16-12)10-6-3-7-17-10/h8-10H,1-7,13H2. The van der Waals surface area contributed by atoms with E-state index in [1.165, 1.54) is 31.4 Å². The molecule has 0 bridgehead atoms. The van der Waals surface area contributed by atoms with E-state index in [0.29, 0.717) is 5.25 Å². The van der Waals surface area contributed by atoms with Gasteiger partial charge in [-0.15, -0.1) is 0 Å². The lowest BCUT2D eigenvalue weighted by Gasteiger charge is -2.25. The zero-order chi connectivity index (χ0) is 11.7. The van der Waals surface area contributed by atoms with E-state index in [2.05, 4.69) is 10.1 Å². The average Bonchev–Trinajstić information content (AvgIpc) is 3.00. The van der Waals surface area contributed by atoms with Gasteiger partial charge in [0.15, 0.2) is 5.82 Å². The summed E-state index contributed by atoms with van der Waals surface area (Å²) < 4.78 is 5.43. The van der Waals surface area contributed by atoms with Crippen molar-refractivity contribution < 1.29 is 4.52 Å². The summed E-state index contributed by atoms with van der Waals surface area (Å²) in [5, 5.41) is 4.60. The van der Waals surface area contributed by atoms with E-state index in [1.54, 1.807) is 0 Å². The van der Waals surface area contributed by atoms with Crippen molar-refractivity contribution in [1.82, 2.24) is 10.1 Å². The van der Waals surface area contributed by atoms with Crippen LogP contribution in [-0.4, -0.2) is 21.9 Å². The molecule has 3 atom stereocenters. The maximum absolute atomic E-state index is 6.14. The molecule has 3 rings (SSSR count). The van der Waals surface area contributed by atoms with Gasteiger partial charge in [-0.25, -0.2) is 0 Å². The Morgan fingerprint density at radius 3 is 2.82 bits per heavy atom. The van der Waals surface area contributed by atoms with Gasteiger partial charge in [-0.3, -0.25) is 0 Å². The van der Waals surface area contributed by atoms with Crippen molar-refractivity contribution in [2.24, 2.45) is 5.73 Å². The molecular weight excluding hydrogens is 234 g/mol. The van der Waals surface area contributed by atoms with Gasteiger partial charge in [0.05, 0.1) is 11.2 Å². The highest BCUT2D eigenvalue weighted by Gasteiger charge is 2.30. The first-order chi connectivity index (χ1) is 8.34. The summed E-state index contributed by atoms with van der Waals surface area (Å²) in [5.74, 6) is 3.17. The Balaban J connectivity index is 1.74. The average molecular weight is 253 g/mol. The Morgan fingerprint density at radius 1 is 1.18 bits per heavy atom. The molecular formula is C12H19N3OS. The Kier molecular flexibility index (Phi) is 3.38. The monoisotopic (exact) mass is 253 g/mol. The molecule has 1 aromatic rings. The van der Waals surface area contributed by atoms with Gasteiger partial charge in [0.2, 0.25) is 5.89 Å². The largest absolute Gasteiger partial charge is 0.339 e. The minimum absolute atomic E-state index is 0.202. The Morgan fingerprint density at radius 2 is 2.06 bits per heavy atom. The first kappa shape index (κ1) is 11.5. The van der Waals surface area contributed by atoms with E-state index >= 15 is 0 Å². The third-order valence-corrected chi connectivity index (χ3v) is 5.18. The highest BCUT2D eigenvalue weighted by atomic mass is 32.2. The molecule has 2 N–H and O–H groups in total. The second-order valence-electron chi connectivity index (χ2n) is 5.05. The Labute approximate surface area is 106 Å². The molecule has 2 aliphatic rings. The van der Waals surface area contributed by atoms with Crippen LogP contribution in [0.5, 0.6) is 0 Å². The maximum Gasteiger partial charge on any atom is 0.231 e. The molecule has 1 saturated heterocycles. The van der Waals surface area contributed by atoms with Crippen molar-refractivity contribution in [3.8, 4) is 0 Å². The summed E-state index contributed by atoms with van der Waals surface area (Å²) >= 11 is 1.94. The van der Waals surface area contributed by atoms with E-state index in [0.717, 1.165) is 24.6 Å². The van der Waals surface area contributed by atoms with Crippen LogP contribution in [0, 0.1) is 0 Å². The second-order valence-corrected chi connectivity index (χ2v) is 6.36. The zero-order valence-electron chi connectivity index (χ0n) is 9.97. The van der Waals surface area contributed by atoms with Crippen molar-refractivity contribution in [3.05, 3.63) is 11.7 Å². The third-order valence-electron chi connectivity index (χ3n) is 3.81. The van der Waals surface area contributed by atoms with E-state index < -0.39 is 0 Å². The molecule has 0 amide bonds. The summed E-state index contributed by atoms with van der Waals surface area (Å²) in [6, 6.07) is 0.202. The van der Waals surface area contributed by atoms with Gasteiger partial charge in [0.25, 0.3) is 0 Å². The maximum atomic E-state index is 6.14. The molecule has 4 nitrogen and oxygen atoms in total. The summed E-state index contributed by atoms with van der Waals surface area (Å²) in [7, 11) is 0. The van der Waals surface area contributed by atoms with Crippen LogP contribution in [0.3, 0.4) is 0 Å². The van der Waals surface area contributed by atoms with Crippen LogP contribution in [0.1, 0.15) is 61.4 Å². The topological polar surface area (TPSA) is 64.9 Å². The summed E-state index contributed by atoms with van der Waals surface area (Å²) in [6.07, 6.45) is 7.09. The molecule has 17 heavy (non-hydrogen) atoms. The van der Waals surface area contributed by atoms with Crippen LogP contribution in [0.25, 0.3) is 0 Å². The molecule has 1 aliphatic heterocycles. The van der Waals surface area contributed by atoms with Gasteiger partial charge in [0.1, 0.15) is 0 Å². The van der Waals surface area contributed by atoms with E-state index in [4.69, 9.17) is 10.3 Å². The van der Waals surface area contributed by atoms with Gasteiger partial charge in [0, 0.05) is 6.04 Å². The molecule has 0 aromatic carbocycles. The first-order valence-corrected chi connectivity index (χ1v) is 7.60. The van der Waals surface area contributed by atoms with Crippen molar-refractivity contribution >= 4 is 11.8 Å². The lowest BCUT2D eigenvalue weighted by Crippen LogP contribution is -2.31. The fourth-order valence-corrected chi connectivity index (χ4v) is 3.97. The van der Waals surface area contributed by atoms with Gasteiger partial charge >= 0.3 is 0 Å². The molecule has 1 aliphatic carbocycles. The fourth-order valence-electron chi connectivity index (χ4n) is 2.78. The number of rotatable bonds is 2. The quantitative estimate of drug-likeness (QED) is 0.877. The molecule has 0 radical (unpaired) electrons. The molecule has 1 aromatic heterocycles. The molecule has 94 valence electrons. The summed E-state index contributed by atoms with van der Waals surface area (Å²) in [4.78, 5) is 4.59. The van der Waals surface area contributed by atoms with Crippen LogP contribution >= 0.6 is 11.8 Å². The van der Waals surface area contributed by atoms with E-state index in [1.807, 2.05) is 11.8 Å². The molecule has 3 unspecified atom stereocenters. The van der Waals surface area contributed by atoms with Crippen LogP contribution in [0.4, 0.5) is 0 Å². The molecule has 2 heterocycles. The first-order valence-electron chi connectivity index (χ1n) is 6.55. The summed E-state index contributed by atoms with van der Waals surface area (Å²) in [6.45, 7) is 0. The van der Waals surface area contributed by atoms with Crippen LogP contribution in [0.15, 0.2) is 4.52 Å². The van der Waals surface area contributed by atoms with Crippen molar-refractivity contribution in [3.63, 3.8) is 0 Å². The van der Waals surface area contributed by atoms with E-state index in [9.17, 15) is 0 Å². The minimum atomic E-state index is 0.202. The number of thioether (sulfide) groups is 1. The van der Waals surface area contributed by atoms with Crippen LogP contribution in [-0.2, 0) is 0 Å². The van der Waals surface area contributed by atoms with Crippen molar-refractivity contribution in [2.75, 3.05) is 5.75 Å². The number of nitrogens with two attached hydrogens (primary N) is 1. The zero-order valence-corrected chi connectivity index (χ0v) is 10.8. The smallest absolute Gasteiger partial charge is 0.231 e. The van der Waals surface area contributed by atoms with Crippen molar-refractivity contribution in [2.45, 2.75) is 55.7 Å². The minimum Gasteiger partial charge on any atom is -0.339 e. The van der Waals surface area contributed by atoms with Crippen LogP contribution in [0.2, 0.25) is 0 Å². The Bertz CT molecular complexity index is 376. The summed E-state index contributed by atoms with van der Waals surface area (Å²) in [5.41, 5.74) is 6.14. The lowest BCUT2D eigenvalue weighted by molar-refractivity contribution is 0.289. The SMILES string of the molecule is NC1CCCCC1c1nc(C2CCCS2)no1. The fraction of sp³-hybridized carbons (Fsp3) is 0.833. The lowest BCUT2D eigenvalue weighted by atomic mass is 9.85. The highest BCUT2D eigenvalue weighted by Crippen LogP contribution is 2.39. The van der Waals surface area contributed by atoms with E-state index in [-0.39, 0.29) is 12.0 Å². The van der Waals surface area contributed by atoms with Crippen LogP contribution < -0.4 is 5.73 Å².